The maximum absolute atomic E-state index is 7.53. The van der Waals surface area contributed by atoms with Gasteiger partial charge in [0.25, 0.3) is 0 Å². The molecule has 0 radical (unpaired) electrons. The molecule has 19 heavy (non-hydrogen) atoms. The van der Waals surface area contributed by atoms with Gasteiger partial charge in [0.05, 0.1) is 22.0 Å². The summed E-state index contributed by atoms with van der Waals surface area (Å²) in [5.74, 6) is -0.0153. The van der Waals surface area contributed by atoms with Gasteiger partial charge in [0.1, 0.15) is 10.9 Å². The predicted molar refractivity (Wildman–Crippen MR) is 76.8 cm³/mol. The number of nitrogens with zero attached hydrogens (tertiary/aromatic N) is 3. The third-order valence-electron chi connectivity index (χ3n) is 2.44. The summed E-state index contributed by atoms with van der Waals surface area (Å²) < 4.78 is 1.99. The highest BCUT2D eigenvalue weighted by atomic mass is 32.2. The number of para-hydroxylation sites is 1. The summed E-state index contributed by atoms with van der Waals surface area (Å²) in [6.07, 6.45) is 1.53. The third kappa shape index (κ3) is 2.42. The van der Waals surface area contributed by atoms with Crippen LogP contribution in [0.3, 0.4) is 0 Å². The van der Waals surface area contributed by atoms with E-state index in [-0.39, 0.29) is 5.84 Å². The monoisotopic (exact) mass is 287 g/mol. The molecular formula is C12H9N5S2. The van der Waals surface area contributed by atoms with E-state index >= 15 is 0 Å². The molecular weight excluding hydrogens is 278 g/mol. The summed E-state index contributed by atoms with van der Waals surface area (Å²) in [5, 5.41) is 16.0. The van der Waals surface area contributed by atoms with Crippen LogP contribution in [0, 0.1) is 5.41 Å². The number of nitrogens with two attached hydrogens (primary N) is 1. The molecule has 0 spiro atoms. The Morgan fingerprint density at radius 1 is 1.26 bits per heavy atom. The van der Waals surface area contributed by atoms with Gasteiger partial charge in [-0.15, -0.1) is 16.4 Å². The van der Waals surface area contributed by atoms with Crippen molar-refractivity contribution in [2.45, 2.75) is 9.37 Å². The zero-order valence-corrected chi connectivity index (χ0v) is 11.3. The number of benzene rings is 1. The van der Waals surface area contributed by atoms with E-state index in [1.165, 1.54) is 18.0 Å². The normalized spacial score (nSPS) is 10.7. The molecule has 3 rings (SSSR count). The lowest BCUT2D eigenvalue weighted by Gasteiger charge is -2.02. The van der Waals surface area contributed by atoms with Crippen molar-refractivity contribution in [3.05, 3.63) is 42.1 Å². The number of nitrogens with one attached hydrogen (secondary N) is 1. The fourth-order valence-corrected chi connectivity index (χ4v) is 3.63. The van der Waals surface area contributed by atoms with E-state index < -0.39 is 0 Å². The molecule has 0 unspecified atom stereocenters. The van der Waals surface area contributed by atoms with Crippen molar-refractivity contribution in [2.75, 3.05) is 0 Å². The van der Waals surface area contributed by atoms with Gasteiger partial charge in [-0.2, -0.15) is 5.10 Å². The topological polar surface area (TPSA) is 88.5 Å². The van der Waals surface area contributed by atoms with Crippen LogP contribution in [0.15, 0.2) is 45.9 Å². The minimum Gasteiger partial charge on any atom is -0.384 e. The summed E-state index contributed by atoms with van der Waals surface area (Å²) >= 11 is 2.97. The fourth-order valence-electron chi connectivity index (χ4n) is 1.58. The summed E-state index contributed by atoms with van der Waals surface area (Å²) in [6.45, 7) is 0. The molecule has 2 aromatic heterocycles. The van der Waals surface area contributed by atoms with Crippen LogP contribution in [0.4, 0.5) is 0 Å². The van der Waals surface area contributed by atoms with E-state index in [4.69, 9.17) is 11.1 Å². The molecule has 0 saturated heterocycles. The largest absolute Gasteiger partial charge is 0.384 e. The van der Waals surface area contributed by atoms with Crippen LogP contribution < -0.4 is 5.73 Å². The van der Waals surface area contributed by atoms with E-state index in [1.807, 2.05) is 24.3 Å². The summed E-state index contributed by atoms with van der Waals surface area (Å²) in [6, 6.07) is 9.63. The van der Waals surface area contributed by atoms with Crippen LogP contribution in [0.25, 0.3) is 10.2 Å². The van der Waals surface area contributed by atoms with Gasteiger partial charge < -0.3 is 5.73 Å². The zero-order valence-electron chi connectivity index (χ0n) is 9.70. The average molecular weight is 287 g/mol. The first-order chi connectivity index (χ1) is 9.24. The predicted octanol–water partition coefficient (Wildman–Crippen LogP) is 2.52. The number of thiazole rings is 1. The number of fused-ring (bicyclic) bond motifs is 1. The fraction of sp³-hybridized carbons (Fsp3) is 0. The Morgan fingerprint density at radius 2 is 2.11 bits per heavy atom. The van der Waals surface area contributed by atoms with Crippen LogP contribution in [-0.4, -0.2) is 21.0 Å². The zero-order chi connectivity index (χ0) is 13.2. The number of rotatable bonds is 3. The van der Waals surface area contributed by atoms with Gasteiger partial charge in [0.2, 0.25) is 0 Å². The van der Waals surface area contributed by atoms with Crippen LogP contribution in [0.2, 0.25) is 0 Å². The minimum absolute atomic E-state index is 0.0153. The number of nitrogen functional groups attached to an aromatic ring is 1. The maximum Gasteiger partial charge on any atom is 0.157 e. The van der Waals surface area contributed by atoms with Gasteiger partial charge in [-0.1, -0.05) is 12.1 Å². The first-order valence-electron chi connectivity index (χ1n) is 5.43. The lowest BCUT2D eigenvalue weighted by molar-refractivity contribution is 0.920. The van der Waals surface area contributed by atoms with Gasteiger partial charge in [0, 0.05) is 0 Å². The third-order valence-corrected chi connectivity index (χ3v) is 4.53. The van der Waals surface area contributed by atoms with E-state index in [9.17, 15) is 0 Å². The second kappa shape index (κ2) is 4.94. The molecule has 0 amide bonds. The summed E-state index contributed by atoms with van der Waals surface area (Å²) in [5.41, 5.74) is 7.07. The Bertz CT molecular complexity index is 719. The lowest BCUT2D eigenvalue weighted by Crippen LogP contribution is -2.13. The van der Waals surface area contributed by atoms with Crippen molar-refractivity contribution >= 4 is 39.2 Å². The Labute approximate surface area is 117 Å². The minimum atomic E-state index is -0.0153. The highest BCUT2D eigenvalue weighted by Gasteiger charge is 2.12. The van der Waals surface area contributed by atoms with Crippen molar-refractivity contribution in [2.24, 2.45) is 5.73 Å². The smallest absolute Gasteiger partial charge is 0.157 e. The Kier molecular flexibility index (Phi) is 3.14. The molecule has 0 bridgehead atoms. The quantitative estimate of drug-likeness (QED) is 0.571. The lowest BCUT2D eigenvalue weighted by atomic mass is 10.3. The van der Waals surface area contributed by atoms with E-state index in [1.54, 1.807) is 17.4 Å². The van der Waals surface area contributed by atoms with Crippen molar-refractivity contribution in [1.82, 2.24) is 15.2 Å². The Hall–Kier alpha value is -1.99. The van der Waals surface area contributed by atoms with E-state index in [2.05, 4.69) is 15.2 Å². The van der Waals surface area contributed by atoms with Crippen molar-refractivity contribution in [3.8, 4) is 0 Å². The molecule has 0 saturated carbocycles. The molecule has 94 valence electrons. The van der Waals surface area contributed by atoms with Crippen LogP contribution in [-0.2, 0) is 0 Å². The first kappa shape index (κ1) is 12.1. The molecule has 3 aromatic rings. The van der Waals surface area contributed by atoms with Gasteiger partial charge in [-0.05, 0) is 30.0 Å². The number of amidine groups is 1. The SMILES string of the molecule is N=C(N)c1ccnnc1Sc1nc2ccccc2s1. The second-order valence-corrected chi connectivity index (χ2v) is 5.98. The molecule has 0 aliphatic carbocycles. The highest BCUT2D eigenvalue weighted by Crippen LogP contribution is 2.34. The standard InChI is InChI=1S/C12H9N5S2/c13-10(14)7-5-6-15-17-11(7)19-12-16-8-3-1-2-4-9(8)18-12/h1-6H,(H3,13,14). The van der Waals surface area contributed by atoms with Crippen molar-refractivity contribution in [3.63, 3.8) is 0 Å². The van der Waals surface area contributed by atoms with Gasteiger partial charge in [-0.3, -0.25) is 5.41 Å². The Balaban J connectivity index is 1.99. The first-order valence-corrected chi connectivity index (χ1v) is 7.07. The van der Waals surface area contributed by atoms with Gasteiger partial charge in [0.15, 0.2) is 4.34 Å². The van der Waals surface area contributed by atoms with E-state index in [0.29, 0.717) is 10.6 Å². The number of hydrogen-bond acceptors (Lipinski definition) is 6. The molecule has 0 fully saturated rings. The summed E-state index contributed by atoms with van der Waals surface area (Å²) in [4.78, 5) is 4.51. The Morgan fingerprint density at radius 3 is 2.89 bits per heavy atom. The number of hydrogen-bond donors (Lipinski definition) is 2. The molecule has 3 N–H and O–H groups in total. The van der Waals surface area contributed by atoms with Crippen LogP contribution in [0.1, 0.15) is 5.56 Å². The second-order valence-electron chi connectivity index (χ2n) is 3.71. The molecule has 5 nitrogen and oxygen atoms in total. The molecule has 0 atom stereocenters. The van der Waals surface area contributed by atoms with Gasteiger partial charge in [-0.25, -0.2) is 4.98 Å². The van der Waals surface area contributed by atoms with E-state index in [0.717, 1.165) is 14.6 Å². The van der Waals surface area contributed by atoms with Crippen LogP contribution in [0.5, 0.6) is 0 Å². The molecule has 0 aliphatic heterocycles. The number of aromatic nitrogens is 3. The molecule has 0 aliphatic rings. The average Bonchev–Trinajstić information content (AvgIpc) is 2.81. The van der Waals surface area contributed by atoms with Crippen LogP contribution >= 0.6 is 23.1 Å². The molecule has 7 heteroatoms. The summed E-state index contributed by atoms with van der Waals surface area (Å²) in [7, 11) is 0. The maximum atomic E-state index is 7.53. The highest BCUT2D eigenvalue weighted by molar-refractivity contribution is 8.01. The molecule has 2 heterocycles. The van der Waals surface area contributed by atoms with Gasteiger partial charge >= 0.3 is 0 Å². The van der Waals surface area contributed by atoms with Crippen molar-refractivity contribution in [1.29, 1.82) is 5.41 Å². The van der Waals surface area contributed by atoms with Crippen molar-refractivity contribution < 1.29 is 0 Å². The molecule has 1 aromatic carbocycles.